The zero-order valence-corrected chi connectivity index (χ0v) is 18.9. The Balaban J connectivity index is 1.34. The molecular weight excluding hydrogens is 413 g/mol. The third kappa shape index (κ3) is 5.32. The molecule has 0 atom stereocenters. The van der Waals surface area contributed by atoms with Gasteiger partial charge in [0.15, 0.2) is 0 Å². The number of aromatic nitrogens is 1. The number of halogens is 1. The molecule has 3 heterocycles. The third-order valence-electron chi connectivity index (χ3n) is 6.35. The van der Waals surface area contributed by atoms with Crippen LogP contribution >= 0.6 is 11.3 Å². The Morgan fingerprint density at radius 3 is 2.29 bits per heavy atom. The first-order valence-corrected chi connectivity index (χ1v) is 12.1. The number of thiazole rings is 1. The number of nitrogens with zero attached hydrogens (tertiary/aromatic N) is 3. The van der Waals surface area contributed by atoms with Crippen molar-refractivity contribution < 1.29 is 14.0 Å². The van der Waals surface area contributed by atoms with E-state index in [9.17, 15) is 14.0 Å². The number of hydrogen-bond acceptors (Lipinski definition) is 4. The van der Waals surface area contributed by atoms with Crippen molar-refractivity contribution in [2.75, 3.05) is 26.2 Å². The van der Waals surface area contributed by atoms with E-state index in [0.717, 1.165) is 55.0 Å². The van der Waals surface area contributed by atoms with Gasteiger partial charge < -0.3 is 9.80 Å². The van der Waals surface area contributed by atoms with E-state index in [2.05, 4.69) is 4.98 Å². The van der Waals surface area contributed by atoms with Gasteiger partial charge in [-0.15, -0.1) is 11.3 Å². The van der Waals surface area contributed by atoms with E-state index >= 15 is 0 Å². The molecule has 2 aliphatic rings. The highest BCUT2D eigenvalue weighted by molar-refractivity contribution is 7.13. The first-order valence-electron chi connectivity index (χ1n) is 11.3. The predicted molar refractivity (Wildman–Crippen MR) is 120 cm³/mol. The molecule has 0 unspecified atom stereocenters. The zero-order chi connectivity index (χ0) is 21.8. The van der Waals surface area contributed by atoms with Gasteiger partial charge in [-0.1, -0.05) is 25.0 Å². The van der Waals surface area contributed by atoms with Crippen molar-refractivity contribution in [3.63, 3.8) is 0 Å². The summed E-state index contributed by atoms with van der Waals surface area (Å²) in [5, 5.41) is 0.860. The van der Waals surface area contributed by atoms with Crippen LogP contribution in [0.15, 0.2) is 24.3 Å². The Labute approximate surface area is 187 Å². The molecule has 166 valence electrons. The van der Waals surface area contributed by atoms with Crippen LogP contribution in [0.5, 0.6) is 0 Å². The van der Waals surface area contributed by atoms with Gasteiger partial charge in [0.25, 0.3) is 5.91 Å². The second-order valence-corrected chi connectivity index (χ2v) is 9.71. The molecule has 0 spiro atoms. The monoisotopic (exact) mass is 443 g/mol. The fourth-order valence-corrected chi connectivity index (χ4v) is 5.59. The standard InChI is InChI=1S/C24H30FN3O2S/c1-17-22(31-21(26-17)16-18-6-8-20(25)9-7-18)24(30)28-14-10-19(11-15-28)23(29)27-12-4-2-3-5-13-27/h6-9,19H,2-5,10-16H2,1H3. The molecular formula is C24H30FN3O2S. The first-order chi connectivity index (χ1) is 15.0. The quantitative estimate of drug-likeness (QED) is 0.702. The maximum Gasteiger partial charge on any atom is 0.265 e. The average Bonchev–Trinajstić information content (AvgIpc) is 2.97. The maximum absolute atomic E-state index is 13.1. The lowest BCUT2D eigenvalue weighted by Gasteiger charge is -2.34. The van der Waals surface area contributed by atoms with Gasteiger partial charge in [-0.25, -0.2) is 9.37 Å². The minimum Gasteiger partial charge on any atom is -0.342 e. The first kappa shape index (κ1) is 21.9. The lowest BCUT2D eigenvalue weighted by Crippen LogP contribution is -2.44. The Morgan fingerprint density at radius 2 is 1.65 bits per heavy atom. The van der Waals surface area contributed by atoms with Gasteiger partial charge in [0.2, 0.25) is 5.91 Å². The summed E-state index contributed by atoms with van der Waals surface area (Å²) < 4.78 is 13.1. The Kier molecular flexibility index (Phi) is 7.00. The second-order valence-electron chi connectivity index (χ2n) is 8.63. The van der Waals surface area contributed by atoms with Crippen molar-refractivity contribution in [3.05, 3.63) is 51.2 Å². The lowest BCUT2D eigenvalue weighted by molar-refractivity contribution is -0.136. The summed E-state index contributed by atoms with van der Waals surface area (Å²) in [6, 6.07) is 6.39. The number of carbonyl (C=O) groups is 2. The number of aryl methyl sites for hydroxylation is 1. The van der Waals surface area contributed by atoms with Gasteiger partial charge in [-0.2, -0.15) is 0 Å². The summed E-state index contributed by atoms with van der Waals surface area (Å²) in [6.07, 6.45) is 6.71. The van der Waals surface area contributed by atoms with Crippen molar-refractivity contribution in [2.45, 2.75) is 51.9 Å². The van der Waals surface area contributed by atoms with Crippen molar-refractivity contribution in [1.82, 2.24) is 14.8 Å². The normalized spacial score (nSPS) is 18.1. The summed E-state index contributed by atoms with van der Waals surface area (Å²) in [5.41, 5.74) is 1.72. The average molecular weight is 444 g/mol. The molecule has 2 amide bonds. The smallest absolute Gasteiger partial charge is 0.265 e. The number of carbonyl (C=O) groups excluding carboxylic acids is 2. The fourth-order valence-electron chi connectivity index (χ4n) is 4.53. The summed E-state index contributed by atoms with van der Waals surface area (Å²) in [5.74, 6) is 0.0805. The molecule has 0 radical (unpaired) electrons. The van der Waals surface area contributed by atoms with Crippen LogP contribution in [-0.2, 0) is 11.2 Å². The minimum atomic E-state index is -0.257. The number of benzene rings is 1. The molecule has 7 heteroatoms. The summed E-state index contributed by atoms with van der Waals surface area (Å²) >= 11 is 1.42. The number of rotatable bonds is 4. The highest BCUT2D eigenvalue weighted by Crippen LogP contribution is 2.26. The molecule has 2 aromatic rings. The third-order valence-corrected chi connectivity index (χ3v) is 7.50. The molecule has 0 aliphatic carbocycles. The van der Waals surface area contributed by atoms with Crippen LogP contribution in [0.1, 0.15) is 64.5 Å². The number of piperidine rings is 1. The van der Waals surface area contributed by atoms with Crippen molar-refractivity contribution in [3.8, 4) is 0 Å². The summed E-state index contributed by atoms with van der Waals surface area (Å²) in [6.45, 7) is 4.87. The lowest BCUT2D eigenvalue weighted by atomic mass is 9.95. The van der Waals surface area contributed by atoms with Gasteiger partial charge in [0.1, 0.15) is 10.7 Å². The SMILES string of the molecule is Cc1nc(Cc2ccc(F)cc2)sc1C(=O)N1CCC(C(=O)N2CCCCCC2)CC1. The molecule has 2 fully saturated rings. The van der Waals surface area contributed by atoms with E-state index in [0.29, 0.717) is 24.4 Å². The number of likely N-dealkylation sites (tertiary alicyclic amines) is 2. The van der Waals surface area contributed by atoms with Gasteiger partial charge in [0.05, 0.1) is 10.7 Å². The molecule has 0 bridgehead atoms. The number of amides is 2. The molecule has 0 N–H and O–H groups in total. The van der Waals surface area contributed by atoms with E-state index in [4.69, 9.17) is 0 Å². The topological polar surface area (TPSA) is 53.5 Å². The van der Waals surface area contributed by atoms with Gasteiger partial charge >= 0.3 is 0 Å². The van der Waals surface area contributed by atoms with Crippen LogP contribution in [0.25, 0.3) is 0 Å². The largest absolute Gasteiger partial charge is 0.342 e. The predicted octanol–water partition coefficient (Wildman–Crippen LogP) is 4.44. The van der Waals surface area contributed by atoms with Crippen molar-refractivity contribution >= 4 is 23.2 Å². The van der Waals surface area contributed by atoms with Gasteiger partial charge in [-0.05, 0) is 50.3 Å². The molecule has 0 saturated carbocycles. The van der Waals surface area contributed by atoms with Gasteiger partial charge in [-0.3, -0.25) is 9.59 Å². The van der Waals surface area contributed by atoms with Gasteiger partial charge in [0, 0.05) is 38.5 Å². The molecule has 31 heavy (non-hydrogen) atoms. The fraction of sp³-hybridized carbons (Fsp3) is 0.542. The highest BCUT2D eigenvalue weighted by atomic mass is 32.1. The van der Waals surface area contributed by atoms with Crippen LogP contribution in [0.2, 0.25) is 0 Å². The molecule has 2 aliphatic heterocycles. The van der Waals surface area contributed by atoms with Crippen LogP contribution in [0, 0.1) is 18.7 Å². The number of hydrogen-bond donors (Lipinski definition) is 0. The van der Waals surface area contributed by atoms with E-state index in [-0.39, 0.29) is 23.5 Å². The molecule has 1 aromatic carbocycles. The molecule has 2 saturated heterocycles. The second kappa shape index (κ2) is 9.90. The van der Waals surface area contributed by atoms with Crippen molar-refractivity contribution in [2.24, 2.45) is 5.92 Å². The van der Waals surface area contributed by atoms with Crippen LogP contribution in [-0.4, -0.2) is 52.8 Å². The Morgan fingerprint density at radius 1 is 1.00 bits per heavy atom. The summed E-state index contributed by atoms with van der Waals surface area (Å²) in [4.78, 5) is 35.2. The van der Waals surface area contributed by atoms with Crippen LogP contribution < -0.4 is 0 Å². The maximum atomic E-state index is 13.1. The zero-order valence-electron chi connectivity index (χ0n) is 18.1. The van der Waals surface area contributed by atoms with E-state index < -0.39 is 0 Å². The van der Waals surface area contributed by atoms with Crippen LogP contribution in [0.4, 0.5) is 4.39 Å². The molecule has 5 nitrogen and oxygen atoms in total. The molecule has 1 aromatic heterocycles. The Hall–Kier alpha value is -2.28. The summed E-state index contributed by atoms with van der Waals surface area (Å²) in [7, 11) is 0. The minimum absolute atomic E-state index is 0.0148. The van der Waals surface area contributed by atoms with E-state index in [1.807, 2.05) is 16.7 Å². The van der Waals surface area contributed by atoms with Crippen molar-refractivity contribution in [1.29, 1.82) is 0 Å². The highest BCUT2D eigenvalue weighted by Gasteiger charge is 2.31. The molecule has 4 rings (SSSR count). The van der Waals surface area contributed by atoms with E-state index in [1.54, 1.807) is 12.1 Å². The Bertz CT molecular complexity index is 911. The van der Waals surface area contributed by atoms with E-state index in [1.165, 1.54) is 36.3 Å². The van der Waals surface area contributed by atoms with Crippen LogP contribution in [0.3, 0.4) is 0 Å².